The molecule has 2 aromatic carbocycles. The van der Waals surface area contributed by atoms with Crippen LogP contribution in [0.15, 0.2) is 36.9 Å². The molecule has 0 unspecified atom stereocenters. The van der Waals surface area contributed by atoms with Crippen molar-refractivity contribution in [3.05, 3.63) is 70.8 Å². The van der Waals surface area contributed by atoms with E-state index >= 15 is 4.39 Å². The second-order valence-electron chi connectivity index (χ2n) is 9.95. The van der Waals surface area contributed by atoms with E-state index in [4.69, 9.17) is 0 Å². The summed E-state index contributed by atoms with van der Waals surface area (Å²) >= 11 is 0. The van der Waals surface area contributed by atoms with E-state index < -0.39 is 29.3 Å². The minimum atomic E-state index is -3.27. The number of benzene rings is 2. The quantitative estimate of drug-likeness (QED) is 0.432. The molecule has 0 amide bonds. The largest absolute Gasteiger partial charge is 0.365 e. The van der Waals surface area contributed by atoms with Crippen LogP contribution < -0.4 is 5.32 Å². The Labute approximate surface area is 198 Å². The molecular formula is C27H31F3N4. The highest BCUT2D eigenvalue weighted by atomic mass is 19.3. The van der Waals surface area contributed by atoms with Gasteiger partial charge in [0.1, 0.15) is 17.5 Å². The van der Waals surface area contributed by atoms with E-state index in [1.165, 1.54) is 26.0 Å². The molecule has 4 nitrogen and oxygen atoms in total. The summed E-state index contributed by atoms with van der Waals surface area (Å²) in [4.78, 5) is 11.3. The zero-order chi connectivity index (χ0) is 25.2. The second kappa shape index (κ2) is 8.00. The Hall–Kier alpha value is -3.09. The molecule has 1 N–H and O–H groups in total. The normalized spacial score (nSPS) is 16.3. The number of rotatable bonds is 5. The Balaban J connectivity index is 1.79. The number of aromatic nitrogens is 2. The van der Waals surface area contributed by atoms with Gasteiger partial charge in [0, 0.05) is 35.2 Å². The fourth-order valence-corrected chi connectivity index (χ4v) is 4.58. The third kappa shape index (κ3) is 3.62. The van der Waals surface area contributed by atoms with Gasteiger partial charge in [-0.3, -0.25) is 0 Å². The molecule has 0 saturated heterocycles. The summed E-state index contributed by atoms with van der Waals surface area (Å²) in [7, 11) is 2.01. The molecule has 0 aliphatic carbocycles. The van der Waals surface area contributed by atoms with Crippen LogP contribution >= 0.6 is 0 Å². The average Bonchev–Trinajstić information content (AvgIpc) is 2.92. The Kier molecular flexibility index (Phi) is 5.66. The molecule has 0 fully saturated rings. The second-order valence-corrected chi connectivity index (χ2v) is 9.95. The monoisotopic (exact) mass is 468 g/mol. The number of hydrogen-bond donors (Lipinski definition) is 1. The van der Waals surface area contributed by atoms with E-state index in [-0.39, 0.29) is 11.1 Å². The van der Waals surface area contributed by atoms with Crippen LogP contribution in [0, 0.1) is 18.7 Å². The zero-order valence-corrected chi connectivity index (χ0v) is 20.7. The number of aryl methyl sites for hydroxylation is 1. The molecule has 2 heterocycles. The van der Waals surface area contributed by atoms with Gasteiger partial charge in [-0.2, -0.15) is 0 Å². The van der Waals surface area contributed by atoms with Crippen LogP contribution in [0.25, 0.3) is 16.6 Å². The van der Waals surface area contributed by atoms with Gasteiger partial charge in [0.2, 0.25) is 0 Å². The lowest BCUT2D eigenvalue weighted by molar-refractivity contribution is -0.0545. The van der Waals surface area contributed by atoms with Gasteiger partial charge in [0.25, 0.3) is 5.92 Å². The minimum absolute atomic E-state index is 0.161. The van der Waals surface area contributed by atoms with Crippen LogP contribution in [0.1, 0.15) is 68.7 Å². The smallest absolute Gasteiger partial charge is 0.278 e. The summed E-state index contributed by atoms with van der Waals surface area (Å²) in [6, 6.07) is 7.61. The molecule has 1 aliphatic rings. The fourth-order valence-electron chi connectivity index (χ4n) is 4.58. The maximum Gasteiger partial charge on any atom is 0.278 e. The first kappa shape index (κ1) is 24.0. The van der Waals surface area contributed by atoms with Crippen molar-refractivity contribution in [3.8, 4) is 0 Å². The van der Waals surface area contributed by atoms with Crippen LogP contribution in [0.3, 0.4) is 0 Å². The lowest BCUT2D eigenvalue weighted by Gasteiger charge is -2.30. The van der Waals surface area contributed by atoms with E-state index in [9.17, 15) is 8.78 Å². The number of hydrogen-bond acceptors (Lipinski definition) is 4. The minimum Gasteiger partial charge on any atom is -0.365 e. The van der Waals surface area contributed by atoms with Crippen LogP contribution in [0.4, 0.5) is 19.0 Å². The summed E-state index contributed by atoms with van der Waals surface area (Å²) in [6.07, 6.45) is 0. The Bertz CT molecular complexity index is 1300. The van der Waals surface area contributed by atoms with Crippen LogP contribution in [-0.2, 0) is 11.5 Å². The van der Waals surface area contributed by atoms with Crippen molar-refractivity contribution in [1.29, 1.82) is 0 Å². The highest BCUT2D eigenvalue weighted by Gasteiger charge is 2.39. The van der Waals surface area contributed by atoms with E-state index in [1.807, 2.05) is 19.2 Å². The van der Waals surface area contributed by atoms with Gasteiger partial charge < -0.3 is 10.2 Å². The molecule has 180 valence electrons. The van der Waals surface area contributed by atoms with E-state index in [0.29, 0.717) is 11.6 Å². The number of anilines is 1. The van der Waals surface area contributed by atoms with Crippen LogP contribution in [-0.4, -0.2) is 21.9 Å². The van der Waals surface area contributed by atoms with Gasteiger partial charge >= 0.3 is 0 Å². The molecule has 0 radical (unpaired) electrons. The third-order valence-corrected chi connectivity index (χ3v) is 7.09. The summed E-state index contributed by atoms with van der Waals surface area (Å²) in [6.45, 7) is 14.8. The van der Waals surface area contributed by atoms with Crippen molar-refractivity contribution < 1.29 is 13.2 Å². The molecule has 0 spiro atoms. The lowest BCUT2D eigenvalue weighted by Crippen LogP contribution is -2.30. The summed E-state index contributed by atoms with van der Waals surface area (Å²) in [5.74, 6) is -4.10. The highest BCUT2D eigenvalue weighted by molar-refractivity contribution is 5.94. The van der Waals surface area contributed by atoms with Gasteiger partial charge in [-0.1, -0.05) is 38.6 Å². The van der Waals surface area contributed by atoms with Crippen molar-refractivity contribution in [1.82, 2.24) is 14.9 Å². The first-order valence-electron chi connectivity index (χ1n) is 11.5. The standard InChI is InChI=1S/C27H31F3N4/c1-14(2)27(29,30)21-11-9-10-18(24(21)28)15(3)31-25-20-12-19-16(4)34(8)26(6,7)22(19)13-23(20)32-17(5)33-25/h9-15H,4H2,1-3,5-8H3,(H,31,32,33)/t15-/m1/s1. The van der Waals surface area contributed by atoms with E-state index in [1.54, 1.807) is 13.8 Å². The first-order chi connectivity index (χ1) is 15.8. The third-order valence-electron chi connectivity index (χ3n) is 7.09. The number of halogens is 3. The maximum atomic E-state index is 15.3. The van der Waals surface area contributed by atoms with Crippen molar-refractivity contribution >= 4 is 22.4 Å². The molecule has 3 aromatic rings. The van der Waals surface area contributed by atoms with Gasteiger partial charge in [0.15, 0.2) is 0 Å². The molecule has 1 aromatic heterocycles. The van der Waals surface area contributed by atoms with Crippen LogP contribution in [0.5, 0.6) is 0 Å². The summed E-state index contributed by atoms with van der Waals surface area (Å²) in [5, 5.41) is 4.02. The Morgan fingerprint density at radius 3 is 2.44 bits per heavy atom. The molecule has 1 aliphatic heterocycles. The number of alkyl halides is 2. The zero-order valence-electron chi connectivity index (χ0n) is 20.7. The molecular weight excluding hydrogens is 437 g/mol. The van der Waals surface area contributed by atoms with Crippen molar-refractivity contribution in [3.63, 3.8) is 0 Å². The van der Waals surface area contributed by atoms with E-state index in [0.717, 1.165) is 33.8 Å². The predicted molar refractivity (Wildman–Crippen MR) is 131 cm³/mol. The van der Waals surface area contributed by atoms with Gasteiger partial charge in [0.05, 0.1) is 22.7 Å². The number of nitrogens with one attached hydrogen (secondary N) is 1. The molecule has 7 heteroatoms. The fraction of sp³-hybridized carbons (Fsp3) is 0.407. The maximum absolute atomic E-state index is 15.3. The Morgan fingerprint density at radius 2 is 1.79 bits per heavy atom. The number of fused-ring (bicyclic) bond motifs is 2. The highest BCUT2D eigenvalue weighted by Crippen LogP contribution is 2.45. The van der Waals surface area contributed by atoms with E-state index in [2.05, 4.69) is 40.6 Å². The van der Waals surface area contributed by atoms with Gasteiger partial charge in [-0.25, -0.2) is 23.1 Å². The average molecular weight is 469 g/mol. The SMILES string of the molecule is C=C1c2cc3c(N[C@H](C)c4cccc(C(F)(F)C(C)C)c4F)nc(C)nc3cc2C(C)(C)N1C. The molecule has 1 atom stereocenters. The molecule has 34 heavy (non-hydrogen) atoms. The van der Waals surface area contributed by atoms with Crippen LogP contribution in [0.2, 0.25) is 0 Å². The van der Waals surface area contributed by atoms with Crippen molar-refractivity contribution in [2.45, 2.75) is 59.0 Å². The lowest BCUT2D eigenvalue weighted by atomic mass is 9.92. The first-order valence-corrected chi connectivity index (χ1v) is 11.5. The summed E-state index contributed by atoms with van der Waals surface area (Å²) < 4.78 is 44.5. The predicted octanol–water partition coefficient (Wildman–Crippen LogP) is 7.15. The van der Waals surface area contributed by atoms with Gasteiger partial charge in [-0.15, -0.1) is 0 Å². The molecule has 4 rings (SSSR count). The van der Waals surface area contributed by atoms with Gasteiger partial charge in [-0.05, 0) is 45.4 Å². The molecule has 0 saturated carbocycles. The van der Waals surface area contributed by atoms with Crippen molar-refractivity contribution in [2.75, 3.05) is 12.4 Å². The number of nitrogens with zero attached hydrogens (tertiary/aromatic N) is 3. The summed E-state index contributed by atoms with van der Waals surface area (Å²) in [5.41, 5.74) is 3.14. The molecule has 0 bridgehead atoms. The topological polar surface area (TPSA) is 41.1 Å². The Morgan fingerprint density at radius 1 is 1.12 bits per heavy atom. The van der Waals surface area contributed by atoms with Crippen molar-refractivity contribution in [2.24, 2.45) is 5.92 Å².